The van der Waals surface area contributed by atoms with Gasteiger partial charge in [0.15, 0.2) is 0 Å². The number of imidazole rings is 1. The molecule has 3 aromatic rings. The van der Waals surface area contributed by atoms with Gasteiger partial charge in [0.1, 0.15) is 11.9 Å². The van der Waals surface area contributed by atoms with Crippen molar-refractivity contribution in [3.8, 4) is 0 Å². The Morgan fingerprint density at radius 2 is 2.25 bits per heavy atom. The SMILES string of the molecule is Cl.Cn1ccnc1C1CNCCN1C(=O)c1cccc2cn[nH]c12. The quantitative estimate of drug-likeness (QED) is 0.737. The molecule has 126 valence electrons. The molecule has 0 bridgehead atoms. The van der Waals surface area contributed by atoms with Gasteiger partial charge >= 0.3 is 0 Å². The summed E-state index contributed by atoms with van der Waals surface area (Å²) >= 11 is 0. The molecule has 1 aliphatic heterocycles. The van der Waals surface area contributed by atoms with E-state index < -0.39 is 0 Å². The molecule has 2 N–H and O–H groups in total. The van der Waals surface area contributed by atoms with Gasteiger partial charge in [0.2, 0.25) is 0 Å². The summed E-state index contributed by atoms with van der Waals surface area (Å²) < 4.78 is 1.97. The first kappa shape index (κ1) is 16.5. The van der Waals surface area contributed by atoms with E-state index in [0.29, 0.717) is 18.7 Å². The van der Waals surface area contributed by atoms with E-state index in [0.717, 1.165) is 23.3 Å². The summed E-state index contributed by atoms with van der Waals surface area (Å²) in [6, 6.07) is 5.61. The molecule has 0 saturated carbocycles. The van der Waals surface area contributed by atoms with Crippen LogP contribution in [-0.4, -0.2) is 50.2 Å². The zero-order chi connectivity index (χ0) is 15.8. The van der Waals surface area contributed by atoms with Gasteiger partial charge in [-0.3, -0.25) is 9.89 Å². The van der Waals surface area contributed by atoms with Gasteiger partial charge in [-0.2, -0.15) is 5.10 Å². The average Bonchev–Trinajstić information content (AvgIpc) is 3.22. The number of nitrogens with zero attached hydrogens (tertiary/aromatic N) is 4. The van der Waals surface area contributed by atoms with Crippen LogP contribution in [0.1, 0.15) is 22.2 Å². The number of para-hydroxylation sites is 1. The molecule has 0 aliphatic carbocycles. The monoisotopic (exact) mass is 346 g/mol. The minimum Gasteiger partial charge on any atom is -0.336 e. The molecule has 0 spiro atoms. The van der Waals surface area contributed by atoms with Crippen LogP contribution in [0.25, 0.3) is 10.9 Å². The Morgan fingerprint density at radius 3 is 3.04 bits per heavy atom. The summed E-state index contributed by atoms with van der Waals surface area (Å²) in [5.74, 6) is 0.900. The molecule has 1 fully saturated rings. The van der Waals surface area contributed by atoms with Gasteiger partial charge in [-0.05, 0) is 6.07 Å². The van der Waals surface area contributed by atoms with Crippen molar-refractivity contribution in [3.05, 3.63) is 48.2 Å². The molecule has 8 heteroatoms. The lowest BCUT2D eigenvalue weighted by atomic mass is 10.1. The van der Waals surface area contributed by atoms with Crippen molar-refractivity contribution in [2.75, 3.05) is 19.6 Å². The summed E-state index contributed by atoms with van der Waals surface area (Å²) in [5.41, 5.74) is 1.44. The largest absolute Gasteiger partial charge is 0.336 e. The summed E-state index contributed by atoms with van der Waals surface area (Å²) in [4.78, 5) is 19.5. The molecule has 24 heavy (non-hydrogen) atoms. The van der Waals surface area contributed by atoms with E-state index in [9.17, 15) is 4.79 Å². The van der Waals surface area contributed by atoms with Crippen LogP contribution < -0.4 is 5.32 Å². The number of aromatic amines is 1. The number of fused-ring (bicyclic) bond motifs is 1. The fourth-order valence-corrected chi connectivity index (χ4v) is 3.18. The van der Waals surface area contributed by atoms with Gasteiger partial charge in [-0.25, -0.2) is 4.98 Å². The summed E-state index contributed by atoms with van der Waals surface area (Å²) in [5, 5.41) is 11.3. The highest BCUT2D eigenvalue weighted by molar-refractivity contribution is 6.05. The lowest BCUT2D eigenvalue weighted by Crippen LogP contribution is -2.49. The zero-order valence-electron chi connectivity index (χ0n) is 13.3. The van der Waals surface area contributed by atoms with Crippen molar-refractivity contribution in [1.82, 2.24) is 30.0 Å². The number of aryl methyl sites for hydroxylation is 1. The first-order valence-electron chi connectivity index (χ1n) is 7.66. The standard InChI is InChI=1S/C16H18N6O.ClH/c1-21-7-6-18-15(21)13-10-17-5-8-22(13)16(23)12-4-2-3-11-9-19-20-14(11)12;/h2-4,6-7,9,13,17H,5,8,10H2,1H3,(H,19,20);1H. The predicted octanol–water partition coefficient (Wildman–Crippen LogP) is 1.50. The maximum atomic E-state index is 13.1. The van der Waals surface area contributed by atoms with Crippen LogP contribution in [0, 0.1) is 0 Å². The van der Waals surface area contributed by atoms with Crippen LogP contribution >= 0.6 is 12.4 Å². The number of rotatable bonds is 2. The number of piperazine rings is 1. The van der Waals surface area contributed by atoms with Crippen molar-refractivity contribution in [1.29, 1.82) is 0 Å². The van der Waals surface area contributed by atoms with Crippen LogP contribution in [0.4, 0.5) is 0 Å². The molecule has 1 aliphatic rings. The van der Waals surface area contributed by atoms with E-state index in [1.807, 2.05) is 40.9 Å². The van der Waals surface area contributed by atoms with Gasteiger partial charge in [-0.1, -0.05) is 12.1 Å². The van der Waals surface area contributed by atoms with E-state index in [1.54, 1.807) is 12.4 Å². The Hall–Kier alpha value is -2.38. The van der Waals surface area contributed by atoms with E-state index >= 15 is 0 Å². The highest BCUT2D eigenvalue weighted by Gasteiger charge is 2.31. The third kappa shape index (κ3) is 2.65. The topological polar surface area (TPSA) is 78.8 Å². The summed E-state index contributed by atoms with van der Waals surface area (Å²) in [7, 11) is 1.95. The minimum absolute atomic E-state index is 0. The Labute approximate surface area is 145 Å². The lowest BCUT2D eigenvalue weighted by molar-refractivity contribution is 0.0622. The average molecular weight is 347 g/mol. The maximum absolute atomic E-state index is 13.1. The third-order valence-electron chi connectivity index (χ3n) is 4.37. The van der Waals surface area contributed by atoms with Gasteiger partial charge < -0.3 is 14.8 Å². The second-order valence-electron chi connectivity index (χ2n) is 5.75. The molecule has 1 atom stereocenters. The normalized spacial score (nSPS) is 17.7. The Bertz CT molecular complexity index is 857. The molecule has 1 amide bonds. The molecule has 0 radical (unpaired) electrons. The molecule has 1 saturated heterocycles. The molecule has 4 rings (SSSR count). The van der Waals surface area contributed by atoms with E-state index in [1.165, 1.54) is 0 Å². The number of H-pyrrole nitrogens is 1. The molecular weight excluding hydrogens is 328 g/mol. The van der Waals surface area contributed by atoms with Crippen molar-refractivity contribution in [2.45, 2.75) is 6.04 Å². The highest BCUT2D eigenvalue weighted by atomic mass is 35.5. The molecule has 1 unspecified atom stereocenters. The maximum Gasteiger partial charge on any atom is 0.256 e. The number of hydrogen-bond donors (Lipinski definition) is 2. The van der Waals surface area contributed by atoms with Crippen molar-refractivity contribution in [2.24, 2.45) is 7.05 Å². The first-order valence-corrected chi connectivity index (χ1v) is 7.66. The van der Waals surface area contributed by atoms with Crippen molar-refractivity contribution < 1.29 is 4.79 Å². The molecule has 3 heterocycles. The fraction of sp³-hybridized carbons (Fsp3) is 0.312. The van der Waals surface area contributed by atoms with Crippen LogP contribution in [0.2, 0.25) is 0 Å². The Balaban J connectivity index is 0.00000169. The predicted molar refractivity (Wildman–Crippen MR) is 93.2 cm³/mol. The second-order valence-corrected chi connectivity index (χ2v) is 5.75. The van der Waals surface area contributed by atoms with Crippen LogP contribution in [-0.2, 0) is 7.05 Å². The van der Waals surface area contributed by atoms with Gasteiger partial charge in [-0.15, -0.1) is 12.4 Å². The minimum atomic E-state index is -0.0746. The summed E-state index contributed by atoms with van der Waals surface area (Å²) in [6.45, 7) is 2.14. The molecule has 7 nitrogen and oxygen atoms in total. The zero-order valence-corrected chi connectivity index (χ0v) is 14.1. The third-order valence-corrected chi connectivity index (χ3v) is 4.37. The number of nitrogens with one attached hydrogen (secondary N) is 2. The molecular formula is C16H19ClN6O. The fourth-order valence-electron chi connectivity index (χ4n) is 3.18. The van der Waals surface area contributed by atoms with E-state index in [2.05, 4.69) is 20.5 Å². The van der Waals surface area contributed by atoms with Crippen molar-refractivity contribution >= 4 is 29.2 Å². The lowest BCUT2D eigenvalue weighted by Gasteiger charge is -2.35. The number of benzene rings is 1. The number of amides is 1. The molecule has 1 aromatic carbocycles. The number of carbonyl (C=O) groups excluding carboxylic acids is 1. The number of carbonyl (C=O) groups is 1. The van der Waals surface area contributed by atoms with Gasteiger partial charge in [0, 0.05) is 44.5 Å². The number of aromatic nitrogens is 4. The van der Waals surface area contributed by atoms with Crippen LogP contribution in [0.5, 0.6) is 0 Å². The smallest absolute Gasteiger partial charge is 0.256 e. The van der Waals surface area contributed by atoms with Gasteiger partial charge in [0.05, 0.1) is 17.3 Å². The van der Waals surface area contributed by atoms with Crippen molar-refractivity contribution in [3.63, 3.8) is 0 Å². The van der Waals surface area contributed by atoms with Gasteiger partial charge in [0.25, 0.3) is 5.91 Å². The summed E-state index contributed by atoms with van der Waals surface area (Å²) in [6.07, 6.45) is 5.41. The Kier molecular flexibility index (Phi) is 4.55. The Morgan fingerprint density at radius 1 is 1.38 bits per heavy atom. The first-order chi connectivity index (χ1) is 11.3. The number of halogens is 1. The molecule has 2 aromatic heterocycles. The van der Waals surface area contributed by atoms with Crippen LogP contribution in [0.3, 0.4) is 0 Å². The van der Waals surface area contributed by atoms with E-state index in [-0.39, 0.29) is 24.4 Å². The number of hydrogen-bond acceptors (Lipinski definition) is 4. The van der Waals surface area contributed by atoms with E-state index in [4.69, 9.17) is 0 Å². The highest BCUT2D eigenvalue weighted by Crippen LogP contribution is 2.25. The second kappa shape index (κ2) is 6.62. The van der Waals surface area contributed by atoms with Crippen LogP contribution in [0.15, 0.2) is 36.8 Å².